The van der Waals surface area contributed by atoms with E-state index < -0.39 is 11.3 Å². The Labute approximate surface area is 88.1 Å². The molecule has 1 aromatic rings. The molecule has 0 aromatic carbocycles. The van der Waals surface area contributed by atoms with Crippen LogP contribution >= 0.6 is 11.6 Å². The number of methoxy groups -OCH3 is 1. The molecule has 1 unspecified atom stereocenters. The van der Waals surface area contributed by atoms with Crippen molar-refractivity contribution in [3.05, 3.63) is 29.6 Å². The molecular formula is C10H12ClNO2. The molecule has 76 valence electrons. The molecule has 0 bridgehead atoms. The second-order valence-electron chi connectivity index (χ2n) is 3.07. The summed E-state index contributed by atoms with van der Waals surface area (Å²) < 4.78 is 4.52. The van der Waals surface area contributed by atoms with Gasteiger partial charge in [0.05, 0.1) is 7.11 Å². The predicted octanol–water partition coefficient (Wildman–Crippen LogP) is 1.71. The minimum absolute atomic E-state index is 0.409. The van der Waals surface area contributed by atoms with Crippen LogP contribution in [0.15, 0.2) is 18.5 Å². The molecular weight excluding hydrogens is 202 g/mol. The first-order valence-corrected chi connectivity index (χ1v) is 4.69. The van der Waals surface area contributed by atoms with E-state index in [9.17, 15) is 4.79 Å². The van der Waals surface area contributed by atoms with Gasteiger partial charge in [0.15, 0.2) is 0 Å². The third-order valence-electron chi connectivity index (χ3n) is 1.80. The van der Waals surface area contributed by atoms with E-state index in [1.807, 2.05) is 13.0 Å². The number of ether oxygens (including phenoxy) is 1. The van der Waals surface area contributed by atoms with Gasteiger partial charge >= 0.3 is 5.97 Å². The summed E-state index contributed by atoms with van der Waals surface area (Å²) in [6, 6.07) is 1.95. The molecule has 14 heavy (non-hydrogen) atoms. The smallest absolute Gasteiger partial charge is 0.324 e. The van der Waals surface area contributed by atoms with E-state index in [1.165, 1.54) is 7.11 Å². The summed E-state index contributed by atoms with van der Waals surface area (Å²) in [5, 5.41) is -0.636. The van der Waals surface area contributed by atoms with Crippen LogP contribution in [0.25, 0.3) is 0 Å². The number of hydrogen-bond donors (Lipinski definition) is 0. The van der Waals surface area contributed by atoms with Gasteiger partial charge in [0, 0.05) is 18.8 Å². The van der Waals surface area contributed by atoms with Crippen LogP contribution in [0.4, 0.5) is 0 Å². The normalized spacial score (nSPS) is 12.2. The second-order valence-corrected chi connectivity index (χ2v) is 3.59. The Bertz CT molecular complexity index is 328. The average Bonchev–Trinajstić information content (AvgIpc) is 2.16. The van der Waals surface area contributed by atoms with Crippen LogP contribution in [-0.2, 0) is 16.0 Å². The first-order chi connectivity index (χ1) is 6.63. The predicted molar refractivity (Wildman–Crippen MR) is 54.3 cm³/mol. The fourth-order valence-electron chi connectivity index (χ4n) is 1.15. The van der Waals surface area contributed by atoms with Crippen molar-refractivity contribution in [2.24, 2.45) is 0 Å². The summed E-state index contributed by atoms with van der Waals surface area (Å²) in [4.78, 5) is 15.0. The molecule has 0 amide bonds. The van der Waals surface area contributed by atoms with E-state index in [4.69, 9.17) is 11.6 Å². The Morgan fingerprint density at radius 1 is 1.64 bits per heavy atom. The number of pyridine rings is 1. The molecule has 0 spiro atoms. The number of aryl methyl sites for hydroxylation is 1. The number of hydrogen-bond acceptors (Lipinski definition) is 3. The quantitative estimate of drug-likeness (QED) is 0.567. The summed E-state index contributed by atoms with van der Waals surface area (Å²) in [5.74, 6) is -0.409. The molecule has 0 aliphatic carbocycles. The van der Waals surface area contributed by atoms with Gasteiger partial charge in [0.2, 0.25) is 0 Å². The van der Waals surface area contributed by atoms with Crippen molar-refractivity contribution in [1.29, 1.82) is 0 Å². The molecule has 0 aliphatic rings. The number of halogens is 1. The summed E-state index contributed by atoms with van der Waals surface area (Å²) in [6.45, 7) is 1.94. The maximum Gasteiger partial charge on any atom is 0.324 e. The highest BCUT2D eigenvalue weighted by Crippen LogP contribution is 2.09. The van der Waals surface area contributed by atoms with Gasteiger partial charge in [-0.25, -0.2) is 0 Å². The number of alkyl halides is 1. The zero-order valence-electron chi connectivity index (χ0n) is 8.16. The van der Waals surface area contributed by atoms with Crippen LogP contribution in [0.1, 0.15) is 11.1 Å². The second kappa shape index (κ2) is 4.96. The van der Waals surface area contributed by atoms with Crippen LogP contribution in [0.2, 0.25) is 0 Å². The lowest BCUT2D eigenvalue weighted by atomic mass is 10.1. The third-order valence-corrected chi connectivity index (χ3v) is 2.14. The highest BCUT2D eigenvalue weighted by Gasteiger charge is 2.16. The fourth-order valence-corrected chi connectivity index (χ4v) is 1.41. The van der Waals surface area contributed by atoms with Gasteiger partial charge in [-0.05, 0) is 18.1 Å². The summed E-state index contributed by atoms with van der Waals surface area (Å²) >= 11 is 5.82. The lowest BCUT2D eigenvalue weighted by molar-refractivity contribution is -0.140. The molecule has 3 nitrogen and oxygen atoms in total. The maximum absolute atomic E-state index is 11.0. The van der Waals surface area contributed by atoms with Crippen LogP contribution < -0.4 is 0 Å². The van der Waals surface area contributed by atoms with Crippen LogP contribution in [0.5, 0.6) is 0 Å². The number of carbonyl (C=O) groups is 1. The minimum Gasteiger partial charge on any atom is -0.468 e. The van der Waals surface area contributed by atoms with Crippen LogP contribution in [0, 0.1) is 6.92 Å². The van der Waals surface area contributed by atoms with Gasteiger partial charge < -0.3 is 4.74 Å². The van der Waals surface area contributed by atoms with Gasteiger partial charge in [-0.2, -0.15) is 0 Å². The van der Waals surface area contributed by atoms with Gasteiger partial charge in [-0.3, -0.25) is 9.78 Å². The Kier molecular flexibility index (Phi) is 3.89. The molecule has 0 radical (unpaired) electrons. The van der Waals surface area contributed by atoms with Crippen molar-refractivity contribution in [2.75, 3.05) is 7.11 Å². The van der Waals surface area contributed by atoms with Crippen molar-refractivity contribution in [3.63, 3.8) is 0 Å². The highest BCUT2D eigenvalue weighted by atomic mass is 35.5. The van der Waals surface area contributed by atoms with Crippen molar-refractivity contribution in [1.82, 2.24) is 4.98 Å². The number of nitrogens with zero attached hydrogens (tertiary/aromatic N) is 1. The zero-order valence-corrected chi connectivity index (χ0v) is 8.91. The maximum atomic E-state index is 11.0. The number of carbonyl (C=O) groups excluding carboxylic acids is 1. The first-order valence-electron chi connectivity index (χ1n) is 4.26. The third kappa shape index (κ3) is 3.00. The van der Waals surface area contributed by atoms with E-state index >= 15 is 0 Å². The van der Waals surface area contributed by atoms with Gasteiger partial charge in [-0.15, -0.1) is 11.6 Å². The van der Waals surface area contributed by atoms with Crippen molar-refractivity contribution in [3.8, 4) is 0 Å². The topological polar surface area (TPSA) is 39.2 Å². The Balaban J connectivity index is 2.64. The van der Waals surface area contributed by atoms with Crippen molar-refractivity contribution >= 4 is 17.6 Å². The van der Waals surface area contributed by atoms with Crippen molar-refractivity contribution in [2.45, 2.75) is 18.7 Å². The lowest BCUT2D eigenvalue weighted by Gasteiger charge is -2.06. The summed E-state index contributed by atoms with van der Waals surface area (Å²) in [7, 11) is 1.33. The number of aromatic nitrogens is 1. The summed E-state index contributed by atoms with van der Waals surface area (Å²) in [5.41, 5.74) is 1.99. The molecule has 0 saturated heterocycles. The van der Waals surface area contributed by atoms with E-state index in [0.717, 1.165) is 11.1 Å². The van der Waals surface area contributed by atoms with Crippen molar-refractivity contribution < 1.29 is 9.53 Å². The summed E-state index contributed by atoms with van der Waals surface area (Å²) in [6.07, 6.45) is 3.90. The molecule has 1 heterocycles. The lowest BCUT2D eigenvalue weighted by Crippen LogP contribution is -2.18. The largest absolute Gasteiger partial charge is 0.468 e. The molecule has 1 aromatic heterocycles. The molecule has 0 saturated carbocycles. The number of esters is 1. The minimum atomic E-state index is -0.636. The Morgan fingerprint density at radius 3 is 2.93 bits per heavy atom. The first kappa shape index (κ1) is 11.0. The molecule has 0 N–H and O–H groups in total. The fraction of sp³-hybridized carbons (Fsp3) is 0.400. The van der Waals surface area contributed by atoms with Gasteiger partial charge in [0.25, 0.3) is 0 Å². The Hall–Kier alpha value is -1.09. The molecule has 1 atom stereocenters. The molecule has 4 heteroatoms. The van der Waals surface area contributed by atoms with E-state index in [0.29, 0.717) is 6.42 Å². The van der Waals surface area contributed by atoms with Gasteiger partial charge in [-0.1, -0.05) is 6.07 Å². The van der Waals surface area contributed by atoms with Gasteiger partial charge in [0.1, 0.15) is 5.38 Å². The molecule has 1 rings (SSSR count). The zero-order chi connectivity index (χ0) is 10.6. The van der Waals surface area contributed by atoms with Crippen LogP contribution in [-0.4, -0.2) is 23.4 Å². The van der Waals surface area contributed by atoms with Crippen LogP contribution in [0.3, 0.4) is 0 Å². The SMILES string of the molecule is COC(=O)C(Cl)Cc1cncc(C)c1. The number of rotatable bonds is 3. The van der Waals surface area contributed by atoms with E-state index in [2.05, 4.69) is 9.72 Å². The average molecular weight is 214 g/mol. The standard InChI is InChI=1S/C10H12ClNO2/c1-7-3-8(6-12-5-7)4-9(11)10(13)14-2/h3,5-6,9H,4H2,1-2H3. The monoisotopic (exact) mass is 213 g/mol. The molecule has 0 aliphatic heterocycles. The Morgan fingerprint density at radius 2 is 2.36 bits per heavy atom. The highest BCUT2D eigenvalue weighted by molar-refractivity contribution is 6.30. The van der Waals surface area contributed by atoms with E-state index in [1.54, 1.807) is 12.4 Å². The van der Waals surface area contributed by atoms with E-state index in [-0.39, 0.29) is 0 Å². The molecule has 0 fully saturated rings.